The number of aromatic nitrogens is 1. The van der Waals surface area contributed by atoms with Crippen molar-refractivity contribution in [1.29, 1.82) is 0 Å². The number of hydrogen-bond donors (Lipinski definition) is 1. The Bertz CT molecular complexity index is 271. The van der Waals surface area contributed by atoms with E-state index in [2.05, 4.69) is 4.98 Å². The molecule has 1 aromatic rings. The van der Waals surface area contributed by atoms with Crippen LogP contribution in [-0.2, 0) is 11.2 Å². The summed E-state index contributed by atoms with van der Waals surface area (Å²) in [7, 11) is 0. The largest absolute Gasteiger partial charge is 0.397 e. The molecule has 1 aromatic heterocycles. The summed E-state index contributed by atoms with van der Waals surface area (Å²) >= 11 is 0. The lowest BCUT2D eigenvalue weighted by atomic mass is 10.1. The summed E-state index contributed by atoms with van der Waals surface area (Å²) in [5.41, 5.74) is 6.99. The van der Waals surface area contributed by atoms with Gasteiger partial charge < -0.3 is 5.73 Å². The van der Waals surface area contributed by atoms with Crippen molar-refractivity contribution in [3.05, 3.63) is 24.0 Å². The Morgan fingerprint density at radius 1 is 1.73 bits per heavy atom. The number of Topliss-reactive ketones (excluding diaryl/α,β-unsaturated/α-hetero) is 1. The third kappa shape index (κ3) is 2.04. The second kappa shape index (κ2) is 3.14. The van der Waals surface area contributed by atoms with E-state index in [1.165, 1.54) is 0 Å². The first-order valence-corrected chi connectivity index (χ1v) is 3.38. The molecule has 0 amide bonds. The van der Waals surface area contributed by atoms with Crippen molar-refractivity contribution in [2.75, 3.05) is 5.73 Å². The quantitative estimate of drug-likeness (QED) is 0.678. The monoisotopic (exact) mass is 150 g/mol. The van der Waals surface area contributed by atoms with E-state index < -0.39 is 0 Å². The molecule has 3 nitrogen and oxygen atoms in total. The fourth-order valence-electron chi connectivity index (χ4n) is 0.865. The van der Waals surface area contributed by atoms with E-state index in [0.717, 1.165) is 5.56 Å². The maximum Gasteiger partial charge on any atom is 0.134 e. The predicted octanol–water partition coefficient (Wildman–Crippen LogP) is 0.795. The minimum Gasteiger partial charge on any atom is -0.397 e. The first kappa shape index (κ1) is 7.72. The zero-order valence-electron chi connectivity index (χ0n) is 6.37. The van der Waals surface area contributed by atoms with Crippen molar-refractivity contribution in [2.45, 2.75) is 13.3 Å². The van der Waals surface area contributed by atoms with Crippen LogP contribution in [0.5, 0.6) is 0 Å². The van der Waals surface area contributed by atoms with Gasteiger partial charge in [0, 0.05) is 12.6 Å². The van der Waals surface area contributed by atoms with Crippen molar-refractivity contribution in [3.8, 4) is 0 Å². The van der Waals surface area contributed by atoms with Gasteiger partial charge in [-0.15, -0.1) is 0 Å². The van der Waals surface area contributed by atoms with Crippen molar-refractivity contribution in [1.82, 2.24) is 4.98 Å². The molecule has 2 N–H and O–H groups in total. The summed E-state index contributed by atoms with van der Waals surface area (Å²) in [5.74, 6) is 0.114. The normalized spacial score (nSPS) is 9.55. The van der Waals surface area contributed by atoms with Gasteiger partial charge in [0.25, 0.3) is 0 Å². The standard InChI is InChI=1S/C8H10N2O/c1-6(11)4-7-2-3-10-5-8(7)9/h2-3,5H,4,9H2,1H3. The molecule has 0 aliphatic rings. The van der Waals surface area contributed by atoms with Crippen LogP contribution < -0.4 is 5.73 Å². The third-order valence-corrected chi connectivity index (χ3v) is 1.39. The second-order valence-electron chi connectivity index (χ2n) is 2.45. The minimum atomic E-state index is 0.114. The number of pyridine rings is 1. The Morgan fingerprint density at radius 3 is 3.00 bits per heavy atom. The lowest BCUT2D eigenvalue weighted by Crippen LogP contribution is -2.00. The molecule has 58 valence electrons. The van der Waals surface area contributed by atoms with Crippen LogP contribution in [0.1, 0.15) is 12.5 Å². The number of nitrogens with two attached hydrogens (primary N) is 1. The van der Waals surface area contributed by atoms with Gasteiger partial charge in [-0.3, -0.25) is 9.78 Å². The Kier molecular flexibility index (Phi) is 2.21. The maximum atomic E-state index is 10.7. The van der Waals surface area contributed by atoms with Crippen LogP contribution in [0, 0.1) is 0 Å². The molecule has 0 saturated heterocycles. The summed E-state index contributed by atoms with van der Waals surface area (Å²) < 4.78 is 0. The molecule has 0 aliphatic heterocycles. The van der Waals surface area contributed by atoms with Crippen LogP contribution in [0.2, 0.25) is 0 Å². The molecular formula is C8H10N2O. The van der Waals surface area contributed by atoms with E-state index in [1.807, 2.05) is 0 Å². The molecule has 1 rings (SSSR count). The van der Waals surface area contributed by atoms with E-state index >= 15 is 0 Å². The van der Waals surface area contributed by atoms with Gasteiger partial charge in [-0.25, -0.2) is 0 Å². The van der Waals surface area contributed by atoms with E-state index in [9.17, 15) is 4.79 Å². The first-order chi connectivity index (χ1) is 5.20. The highest BCUT2D eigenvalue weighted by Gasteiger charge is 2.00. The lowest BCUT2D eigenvalue weighted by molar-refractivity contribution is -0.116. The van der Waals surface area contributed by atoms with Crippen LogP contribution in [0.25, 0.3) is 0 Å². The molecule has 0 saturated carbocycles. The number of nitrogens with zero attached hydrogens (tertiary/aromatic N) is 1. The number of rotatable bonds is 2. The smallest absolute Gasteiger partial charge is 0.134 e. The molecule has 0 atom stereocenters. The fraction of sp³-hybridized carbons (Fsp3) is 0.250. The van der Waals surface area contributed by atoms with E-state index in [1.54, 1.807) is 25.4 Å². The molecule has 11 heavy (non-hydrogen) atoms. The number of nitrogen functional groups attached to an aromatic ring is 1. The molecule has 0 aliphatic carbocycles. The number of hydrogen-bond acceptors (Lipinski definition) is 3. The van der Waals surface area contributed by atoms with Crippen LogP contribution in [0.15, 0.2) is 18.5 Å². The molecular weight excluding hydrogens is 140 g/mol. The Labute approximate surface area is 65.2 Å². The third-order valence-electron chi connectivity index (χ3n) is 1.39. The van der Waals surface area contributed by atoms with E-state index in [0.29, 0.717) is 12.1 Å². The SMILES string of the molecule is CC(=O)Cc1ccncc1N. The Morgan fingerprint density at radius 2 is 2.45 bits per heavy atom. The molecule has 3 heteroatoms. The molecule has 0 spiro atoms. The summed E-state index contributed by atoms with van der Waals surface area (Å²) in [5, 5.41) is 0. The number of carbonyl (C=O) groups is 1. The summed E-state index contributed by atoms with van der Waals surface area (Å²) in [4.78, 5) is 14.5. The van der Waals surface area contributed by atoms with Gasteiger partial charge in [-0.2, -0.15) is 0 Å². The van der Waals surface area contributed by atoms with Gasteiger partial charge in [0.1, 0.15) is 5.78 Å². The highest BCUT2D eigenvalue weighted by molar-refractivity contribution is 5.79. The molecule has 1 heterocycles. The van der Waals surface area contributed by atoms with Crippen LogP contribution in [0.3, 0.4) is 0 Å². The molecule has 0 bridgehead atoms. The predicted molar refractivity (Wildman–Crippen MR) is 43.0 cm³/mol. The first-order valence-electron chi connectivity index (χ1n) is 3.38. The average Bonchev–Trinajstić information content (AvgIpc) is 1.93. The number of anilines is 1. The Balaban J connectivity index is 2.86. The number of ketones is 1. The molecule has 0 radical (unpaired) electrons. The van der Waals surface area contributed by atoms with E-state index in [4.69, 9.17) is 5.73 Å². The minimum absolute atomic E-state index is 0.114. The van der Waals surface area contributed by atoms with E-state index in [-0.39, 0.29) is 5.78 Å². The highest BCUT2D eigenvalue weighted by atomic mass is 16.1. The molecule has 0 fully saturated rings. The van der Waals surface area contributed by atoms with Gasteiger partial charge in [0.2, 0.25) is 0 Å². The van der Waals surface area contributed by atoms with Crippen molar-refractivity contribution >= 4 is 11.5 Å². The van der Waals surface area contributed by atoms with Gasteiger partial charge >= 0.3 is 0 Å². The fourth-order valence-corrected chi connectivity index (χ4v) is 0.865. The van der Waals surface area contributed by atoms with Crippen molar-refractivity contribution < 1.29 is 4.79 Å². The molecule has 0 unspecified atom stereocenters. The van der Waals surface area contributed by atoms with Crippen LogP contribution in [0.4, 0.5) is 5.69 Å². The second-order valence-corrected chi connectivity index (χ2v) is 2.45. The average molecular weight is 150 g/mol. The zero-order chi connectivity index (χ0) is 8.27. The summed E-state index contributed by atoms with van der Waals surface area (Å²) in [6.45, 7) is 1.54. The molecule has 0 aromatic carbocycles. The highest BCUT2D eigenvalue weighted by Crippen LogP contribution is 2.08. The topological polar surface area (TPSA) is 56.0 Å². The Hall–Kier alpha value is -1.38. The van der Waals surface area contributed by atoms with Crippen LogP contribution in [-0.4, -0.2) is 10.8 Å². The summed E-state index contributed by atoms with van der Waals surface area (Å²) in [6, 6.07) is 1.76. The van der Waals surface area contributed by atoms with Crippen molar-refractivity contribution in [2.24, 2.45) is 0 Å². The lowest BCUT2D eigenvalue weighted by Gasteiger charge is -1.99. The number of carbonyl (C=O) groups excluding carboxylic acids is 1. The van der Waals surface area contributed by atoms with Crippen molar-refractivity contribution in [3.63, 3.8) is 0 Å². The van der Waals surface area contributed by atoms with Gasteiger partial charge in [0.15, 0.2) is 0 Å². The maximum absolute atomic E-state index is 10.7. The zero-order valence-corrected chi connectivity index (χ0v) is 6.37. The van der Waals surface area contributed by atoms with Crippen LogP contribution >= 0.6 is 0 Å². The van der Waals surface area contributed by atoms with Gasteiger partial charge in [-0.1, -0.05) is 0 Å². The van der Waals surface area contributed by atoms with Gasteiger partial charge in [0.05, 0.1) is 11.9 Å². The van der Waals surface area contributed by atoms with Gasteiger partial charge in [-0.05, 0) is 18.6 Å². The summed E-state index contributed by atoms with van der Waals surface area (Å²) in [6.07, 6.45) is 3.58.